The molecule has 2 N–H and O–H groups in total. The minimum absolute atomic E-state index is 0.136. The van der Waals surface area contributed by atoms with Gasteiger partial charge in [-0.2, -0.15) is 0 Å². The molecule has 2 atom stereocenters. The summed E-state index contributed by atoms with van der Waals surface area (Å²) in [5.41, 5.74) is 1.06. The summed E-state index contributed by atoms with van der Waals surface area (Å²) in [7, 11) is 0. The smallest absolute Gasteiger partial charge is 0.107 e. The summed E-state index contributed by atoms with van der Waals surface area (Å²) in [6, 6.07) is 9.80. The minimum Gasteiger partial charge on any atom is -0.388 e. The molecule has 1 aromatic rings. The number of ether oxygens (including phenoxy) is 1. The minimum atomic E-state index is -0.875. The van der Waals surface area contributed by atoms with E-state index in [0.717, 1.165) is 18.4 Å². The van der Waals surface area contributed by atoms with E-state index in [-0.39, 0.29) is 6.61 Å². The number of aliphatic hydroxyl groups excluding tert-OH is 2. The fourth-order valence-electron chi connectivity index (χ4n) is 2.20. The van der Waals surface area contributed by atoms with E-state index in [9.17, 15) is 10.2 Å². The van der Waals surface area contributed by atoms with E-state index in [2.05, 4.69) is 6.92 Å². The third-order valence-electron chi connectivity index (χ3n) is 3.60. The van der Waals surface area contributed by atoms with Gasteiger partial charge in [0.25, 0.3) is 0 Å². The second-order valence-electron chi connectivity index (χ2n) is 5.69. The molecule has 0 unspecified atom stereocenters. The highest BCUT2D eigenvalue weighted by Crippen LogP contribution is 2.07. The summed E-state index contributed by atoms with van der Waals surface area (Å²) >= 11 is 0. The average Bonchev–Trinajstić information content (AvgIpc) is 2.54. The Bertz CT molecular complexity index is 389. The van der Waals surface area contributed by atoms with Crippen LogP contribution >= 0.6 is 0 Å². The SMILES string of the molecule is CCCCCCC/C=C\[C@H](O)[C@@H](O)COCc1ccccc1. The Labute approximate surface area is 134 Å². The second kappa shape index (κ2) is 12.4. The van der Waals surface area contributed by atoms with Crippen LogP contribution in [0.15, 0.2) is 42.5 Å². The molecule has 3 heteroatoms. The molecule has 0 amide bonds. The lowest BCUT2D eigenvalue weighted by molar-refractivity contribution is -0.0249. The number of rotatable bonds is 12. The van der Waals surface area contributed by atoms with E-state index in [1.807, 2.05) is 36.4 Å². The molecule has 0 heterocycles. The first kappa shape index (κ1) is 18.9. The molecular weight excluding hydrogens is 276 g/mol. The number of hydrogen-bond acceptors (Lipinski definition) is 3. The zero-order valence-corrected chi connectivity index (χ0v) is 13.7. The molecule has 0 spiro atoms. The summed E-state index contributed by atoms with van der Waals surface area (Å²) in [5.74, 6) is 0. The Morgan fingerprint density at radius 1 is 1.05 bits per heavy atom. The lowest BCUT2D eigenvalue weighted by Crippen LogP contribution is -2.28. The van der Waals surface area contributed by atoms with Crippen molar-refractivity contribution >= 4 is 0 Å². The molecule has 0 fully saturated rings. The van der Waals surface area contributed by atoms with Crippen LogP contribution in [0.2, 0.25) is 0 Å². The molecule has 1 rings (SSSR count). The van der Waals surface area contributed by atoms with Crippen LogP contribution in [0.5, 0.6) is 0 Å². The van der Waals surface area contributed by atoms with E-state index in [1.54, 1.807) is 6.08 Å². The Balaban J connectivity index is 2.09. The van der Waals surface area contributed by atoms with Crippen molar-refractivity contribution in [2.24, 2.45) is 0 Å². The maximum atomic E-state index is 9.84. The van der Waals surface area contributed by atoms with Crippen LogP contribution < -0.4 is 0 Å². The monoisotopic (exact) mass is 306 g/mol. The van der Waals surface area contributed by atoms with Gasteiger partial charge in [0.1, 0.15) is 12.2 Å². The predicted molar refractivity (Wildman–Crippen MR) is 90.6 cm³/mol. The van der Waals surface area contributed by atoms with Crippen molar-refractivity contribution in [3.63, 3.8) is 0 Å². The molecule has 0 saturated heterocycles. The van der Waals surface area contributed by atoms with E-state index in [4.69, 9.17) is 4.74 Å². The maximum Gasteiger partial charge on any atom is 0.107 e. The Morgan fingerprint density at radius 3 is 2.50 bits per heavy atom. The van der Waals surface area contributed by atoms with E-state index in [0.29, 0.717) is 6.61 Å². The molecule has 124 valence electrons. The highest BCUT2D eigenvalue weighted by Gasteiger charge is 2.12. The molecule has 1 aromatic carbocycles. The van der Waals surface area contributed by atoms with E-state index < -0.39 is 12.2 Å². The van der Waals surface area contributed by atoms with Gasteiger partial charge < -0.3 is 14.9 Å². The standard InChI is InChI=1S/C19H30O3/c1-2-3-4-5-6-7-11-14-18(20)19(21)16-22-15-17-12-9-8-10-13-17/h8-14,18-21H,2-7,15-16H2,1H3/b14-11-/t18-,19-/m0/s1. The van der Waals surface area contributed by atoms with Crippen molar-refractivity contribution in [1.82, 2.24) is 0 Å². The third kappa shape index (κ3) is 8.98. The summed E-state index contributed by atoms with van der Waals surface area (Å²) < 4.78 is 5.43. The molecule has 0 aromatic heterocycles. The van der Waals surface area contributed by atoms with Crippen molar-refractivity contribution in [3.05, 3.63) is 48.0 Å². The van der Waals surface area contributed by atoms with Crippen molar-refractivity contribution in [2.45, 2.75) is 64.3 Å². The van der Waals surface area contributed by atoms with Gasteiger partial charge in [-0.3, -0.25) is 0 Å². The summed E-state index contributed by atoms with van der Waals surface area (Å²) in [6.45, 7) is 2.79. The molecule has 0 aliphatic carbocycles. The molecule has 0 aliphatic heterocycles. The first-order valence-electron chi connectivity index (χ1n) is 8.38. The Hall–Kier alpha value is -1.16. The highest BCUT2D eigenvalue weighted by atomic mass is 16.5. The Morgan fingerprint density at radius 2 is 1.77 bits per heavy atom. The number of hydrogen-bond donors (Lipinski definition) is 2. The lowest BCUT2D eigenvalue weighted by atomic mass is 10.1. The quantitative estimate of drug-likeness (QED) is 0.455. The van der Waals surface area contributed by atoms with Gasteiger partial charge in [0, 0.05) is 0 Å². The normalized spacial score (nSPS) is 14.3. The van der Waals surface area contributed by atoms with Crippen molar-refractivity contribution < 1.29 is 14.9 Å². The molecule has 0 saturated carbocycles. The highest BCUT2D eigenvalue weighted by molar-refractivity contribution is 5.13. The third-order valence-corrected chi connectivity index (χ3v) is 3.60. The van der Waals surface area contributed by atoms with Crippen LogP contribution in [0.4, 0.5) is 0 Å². The van der Waals surface area contributed by atoms with Gasteiger partial charge in [0.2, 0.25) is 0 Å². The van der Waals surface area contributed by atoms with E-state index >= 15 is 0 Å². The van der Waals surface area contributed by atoms with Gasteiger partial charge >= 0.3 is 0 Å². The zero-order valence-electron chi connectivity index (χ0n) is 13.7. The topological polar surface area (TPSA) is 49.7 Å². The van der Waals surface area contributed by atoms with Crippen LogP contribution in [0.1, 0.15) is 51.0 Å². The molecule has 22 heavy (non-hydrogen) atoms. The van der Waals surface area contributed by atoms with Gasteiger partial charge in [-0.1, -0.05) is 75.1 Å². The van der Waals surface area contributed by atoms with Gasteiger partial charge in [-0.25, -0.2) is 0 Å². The van der Waals surface area contributed by atoms with Crippen molar-refractivity contribution in [2.75, 3.05) is 6.61 Å². The molecule has 0 bridgehead atoms. The summed E-state index contributed by atoms with van der Waals surface area (Å²) in [4.78, 5) is 0. The largest absolute Gasteiger partial charge is 0.388 e. The molecule has 0 aliphatic rings. The number of aliphatic hydroxyl groups is 2. The van der Waals surface area contributed by atoms with Crippen LogP contribution in [-0.2, 0) is 11.3 Å². The number of unbranched alkanes of at least 4 members (excludes halogenated alkanes) is 5. The fourth-order valence-corrected chi connectivity index (χ4v) is 2.20. The molecule has 0 radical (unpaired) electrons. The molecule has 3 nitrogen and oxygen atoms in total. The van der Waals surface area contributed by atoms with Crippen LogP contribution in [0.3, 0.4) is 0 Å². The fraction of sp³-hybridized carbons (Fsp3) is 0.579. The summed E-state index contributed by atoms with van der Waals surface area (Å²) in [5, 5.41) is 19.7. The van der Waals surface area contributed by atoms with Gasteiger partial charge in [0.15, 0.2) is 0 Å². The van der Waals surface area contributed by atoms with E-state index in [1.165, 1.54) is 25.7 Å². The van der Waals surface area contributed by atoms with Crippen molar-refractivity contribution in [1.29, 1.82) is 0 Å². The lowest BCUT2D eigenvalue weighted by Gasteiger charge is -2.14. The molecular formula is C19H30O3. The van der Waals surface area contributed by atoms with Gasteiger partial charge in [-0.15, -0.1) is 0 Å². The number of benzene rings is 1. The second-order valence-corrected chi connectivity index (χ2v) is 5.69. The van der Waals surface area contributed by atoms with Gasteiger partial charge in [0.05, 0.1) is 13.2 Å². The first-order valence-corrected chi connectivity index (χ1v) is 8.38. The van der Waals surface area contributed by atoms with Crippen LogP contribution in [0.25, 0.3) is 0 Å². The van der Waals surface area contributed by atoms with Gasteiger partial charge in [-0.05, 0) is 18.4 Å². The van der Waals surface area contributed by atoms with Crippen molar-refractivity contribution in [3.8, 4) is 0 Å². The first-order chi connectivity index (χ1) is 10.7. The maximum absolute atomic E-state index is 9.84. The zero-order chi connectivity index (χ0) is 16.0. The van der Waals surface area contributed by atoms with Crippen LogP contribution in [-0.4, -0.2) is 29.0 Å². The Kier molecular flexibility index (Phi) is 10.6. The summed E-state index contributed by atoms with van der Waals surface area (Å²) in [6.07, 6.45) is 9.06. The average molecular weight is 306 g/mol. The predicted octanol–water partition coefficient (Wildman–Crippen LogP) is 3.84. The van der Waals surface area contributed by atoms with Crippen LogP contribution in [0, 0.1) is 0 Å². The number of allylic oxidation sites excluding steroid dienone is 1.